The molecule has 0 bridgehead atoms. The van der Waals surface area contributed by atoms with Crippen LogP contribution in [0.15, 0.2) is 15.7 Å². The molecule has 0 spiro atoms. The van der Waals surface area contributed by atoms with Crippen LogP contribution in [0.4, 0.5) is 0 Å². The molecular weight excluding hydrogens is 294 g/mol. The van der Waals surface area contributed by atoms with E-state index in [0.29, 0.717) is 23.3 Å². The molecule has 116 valence electrons. The Hall–Kier alpha value is -0.470. The second kappa shape index (κ2) is 7.51. The molecule has 2 N–H and O–H groups in total. The van der Waals surface area contributed by atoms with E-state index in [0.717, 1.165) is 5.56 Å². The Kier molecular flexibility index (Phi) is 6.60. The minimum atomic E-state index is -3.39. The summed E-state index contributed by atoms with van der Waals surface area (Å²) in [4.78, 5) is 1.98. The molecular formula is C13H25N3O2S2. The molecule has 20 heavy (non-hydrogen) atoms. The van der Waals surface area contributed by atoms with Crippen LogP contribution in [0.3, 0.4) is 0 Å². The first-order valence-corrected chi connectivity index (χ1v) is 9.05. The van der Waals surface area contributed by atoms with Gasteiger partial charge in [0.1, 0.15) is 4.21 Å². The summed E-state index contributed by atoms with van der Waals surface area (Å²) >= 11 is 1.26. The van der Waals surface area contributed by atoms with Gasteiger partial charge in [0, 0.05) is 25.2 Å². The normalized spacial score (nSPS) is 14.2. The third-order valence-corrected chi connectivity index (χ3v) is 5.97. The fraction of sp³-hybridized carbons (Fsp3) is 0.692. The lowest BCUT2D eigenvalue weighted by Gasteiger charge is -2.19. The summed E-state index contributed by atoms with van der Waals surface area (Å²) in [5.41, 5.74) is 1.00. The van der Waals surface area contributed by atoms with Crippen LogP contribution in [0.25, 0.3) is 0 Å². The molecule has 0 aliphatic heterocycles. The van der Waals surface area contributed by atoms with E-state index in [1.807, 2.05) is 31.3 Å². The Bertz CT molecular complexity index is 509. The van der Waals surface area contributed by atoms with Crippen LogP contribution in [0, 0.1) is 0 Å². The zero-order chi connectivity index (χ0) is 15.3. The van der Waals surface area contributed by atoms with Crippen LogP contribution in [0.1, 0.15) is 26.3 Å². The summed E-state index contributed by atoms with van der Waals surface area (Å²) < 4.78 is 27.4. The Balaban J connectivity index is 2.64. The highest BCUT2D eigenvalue weighted by Crippen LogP contribution is 2.20. The molecule has 0 saturated heterocycles. The van der Waals surface area contributed by atoms with Crippen LogP contribution in [-0.2, 0) is 16.6 Å². The van der Waals surface area contributed by atoms with Crippen molar-refractivity contribution < 1.29 is 8.42 Å². The van der Waals surface area contributed by atoms with Gasteiger partial charge in [0.05, 0.1) is 0 Å². The fourth-order valence-corrected chi connectivity index (χ4v) is 3.77. The molecule has 1 atom stereocenters. The monoisotopic (exact) mass is 319 g/mol. The van der Waals surface area contributed by atoms with Crippen LogP contribution >= 0.6 is 11.3 Å². The van der Waals surface area contributed by atoms with Crippen LogP contribution in [0.2, 0.25) is 0 Å². The van der Waals surface area contributed by atoms with Gasteiger partial charge in [-0.3, -0.25) is 0 Å². The number of nitrogens with one attached hydrogen (secondary N) is 2. The van der Waals surface area contributed by atoms with Crippen molar-refractivity contribution in [3.8, 4) is 0 Å². The molecule has 0 radical (unpaired) electrons. The van der Waals surface area contributed by atoms with Crippen molar-refractivity contribution in [3.05, 3.63) is 17.0 Å². The van der Waals surface area contributed by atoms with Crippen LogP contribution < -0.4 is 10.0 Å². The van der Waals surface area contributed by atoms with Gasteiger partial charge in [0.2, 0.25) is 10.0 Å². The van der Waals surface area contributed by atoms with E-state index in [-0.39, 0.29) is 6.04 Å². The number of hydrogen-bond acceptors (Lipinski definition) is 5. The Labute approximate surface area is 126 Å². The number of hydrogen-bond donors (Lipinski definition) is 2. The Morgan fingerprint density at radius 1 is 1.30 bits per heavy atom. The fourth-order valence-electron chi connectivity index (χ4n) is 1.39. The third-order valence-electron chi connectivity index (χ3n) is 3.06. The van der Waals surface area contributed by atoms with E-state index in [4.69, 9.17) is 0 Å². The molecule has 0 aromatic carbocycles. The van der Waals surface area contributed by atoms with Crippen molar-refractivity contribution in [2.45, 2.75) is 43.6 Å². The maximum atomic E-state index is 12.2. The predicted octanol–water partition coefficient (Wildman–Crippen LogP) is 1.47. The topological polar surface area (TPSA) is 61.4 Å². The summed E-state index contributed by atoms with van der Waals surface area (Å²) in [6, 6.07) is 2.28. The molecule has 1 heterocycles. The van der Waals surface area contributed by atoms with E-state index < -0.39 is 10.0 Å². The zero-order valence-electron chi connectivity index (χ0n) is 12.8. The van der Waals surface area contributed by atoms with E-state index in [9.17, 15) is 8.42 Å². The smallest absolute Gasteiger partial charge is 0.250 e. The minimum Gasteiger partial charge on any atom is -0.310 e. The summed E-state index contributed by atoms with van der Waals surface area (Å²) in [7, 11) is 0.468. The summed E-state index contributed by atoms with van der Waals surface area (Å²) in [5.74, 6) is 0. The first-order valence-electron chi connectivity index (χ1n) is 6.69. The van der Waals surface area contributed by atoms with Gasteiger partial charge in [-0.2, -0.15) is 0 Å². The van der Waals surface area contributed by atoms with Gasteiger partial charge in [0.25, 0.3) is 0 Å². The van der Waals surface area contributed by atoms with E-state index in [1.54, 1.807) is 6.07 Å². The number of thiophene rings is 1. The molecule has 1 rings (SSSR count). The second-order valence-electron chi connectivity index (χ2n) is 5.47. The van der Waals surface area contributed by atoms with Crippen molar-refractivity contribution in [1.82, 2.24) is 14.9 Å². The average molecular weight is 319 g/mol. The average Bonchev–Trinajstić information content (AvgIpc) is 2.82. The zero-order valence-corrected chi connectivity index (χ0v) is 14.4. The maximum absolute atomic E-state index is 12.2. The van der Waals surface area contributed by atoms with Crippen molar-refractivity contribution >= 4 is 21.4 Å². The van der Waals surface area contributed by atoms with Crippen molar-refractivity contribution in [2.24, 2.45) is 0 Å². The highest BCUT2D eigenvalue weighted by atomic mass is 32.2. The Morgan fingerprint density at radius 3 is 2.50 bits per heavy atom. The standard InChI is InChI=1S/C13H25N3O2S2/c1-10(2)14-8-12-6-13(19-9-12)20(17,18)15-7-11(3)16(4)5/h6,9-11,14-15H,7-8H2,1-5H3. The van der Waals surface area contributed by atoms with Gasteiger partial charge in [0.15, 0.2) is 0 Å². The molecule has 7 heteroatoms. The Morgan fingerprint density at radius 2 is 1.95 bits per heavy atom. The molecule has 0 saturated carbocycles. The van der Waals surface area contributed by atoms with Crippen molar-refractivity contribution in [2.75, 3.05) is 20.6 Å². The van der Waals surface area contributed by atoms with E-state index in [1.165, 1.54) is 11.3 Å². The minimum absolute atomic E-state index is 0.159. The maximum Gasteiger partial charge on any atom is 0.250 e. The van der Waals surface area contributed by atoms with E-state index in [2.05, 4.69) is 23.9 Å². The van der Waals surface area contributed by atoms with Crippen molar-refractivity contribution in [3.63, 3.8) is 0 Å². The van der Waals surface area contributed by atoms with Crippen LogP contribution in [0.5, 0.6) is 0 Å². The van der Waals surface area contributed by atoms with Gasteiger partial charge in [-0.05, 0) is 38.0 Å². The van der Waals surface area contributed by atoms with Gasteiger partial charge in [-0.25, -0.2) is 13.1 Å². The molecule has 1 aromatic heterocycles. The lowest BCUT2D eigenvalue weighted by Crippen LogP contribution is -2.37. The highest BCUT2D eigenvalue weighted by Gasteiger charge is 2.18. The second-order valence-corrected chi connectivity index (χ2v) is 8.38. The number of likely N-dealkylation sites (N-methyl/N-ethyl adjacent to an activating group) is 1. The highest BCUT2D eigenvalue weighted by molar-refractivity contribution is 7.91. The number of sulfonamides is 1. The van der Waals surface area contributed by atoms with Crippen LogP contribution in [-0.4, -0.2) is 46.0 Å². The summed E-state index contributed by atoms with van der Waals surface area (Å²) in [6.45, 7) is 7.21. The van der Waals surface area contributed by atoms with Gasteiger partial charge < -0.3 is 10.2 Å². The number of nitrogens with zero attached hydrogens (tertiary/aromatic N) is 1. The molecule has 0 aliphatic rings. The molecule has 1 aromatic rings. The molecule has 0 fully saturated rings. The molecule has 1 unspecified atom stereocenters. The molecule has 0 aliphatic carbocycles. The van der Waals surface area contributed by atoms with Gasteiger partial charge in [-0.1, -0.05) is 13.8 Å². The largest absolute Gasteiger partial charge is 0.310 e. The van der Waals surface area contributed by atoms with E-state index >= 15 is 0 Å². The SMILES string of the molecule is CC(C)NCc1csc(S(=O)(=O)NCC(C)N(C)C)c1. The molecule has 0 amide bonds. The quantitative estimate of drug-likeness (QED) is 0.762. The van der Waals surface area contributed by atoms with Crippen molar-refractivity contribution in [1.29, 1.82) is 0 Å². The summed E-state index contributed by atoms with van der Waals surface area (Å²) in [5, 5.41) is 5.16. The first-order chi connectivity index (χ1) is 9.22. The first kappa shape index (κ1) is 17.6. The van der Waals surface area contributed by atoms with Gasteiger partial charge >= 0.3 is 0 Å². The lowest BCUT2D eigenvalue weighted by molar-refractivity contribution is 0.314. The summed E-state index contributed by atoms with van der Waals surface area (Å²) in [6.07, 6.45) is 0. The lowest BCUT2D eigenvalue weighted by atomic mass is 10.3. The third kappa shape index (κ3) is 5.49. The molecule has 5 nitrogen and oxygen atoms in total. The number of rotatable bonds is 8. The van der Waals surface area contributed by atoms with Gasteiger partial charge in [-0.15, -0.1) is 11.3 Å². The predicted molar refractivity (Wildman–Crippen MR) is 84.6 cm³/mol.